The van der Waals surface area contributed by atoms with Crippen LogP contribution in [0, 0.1) is 11.8 Å². The van der Waals surface area contributed by atoms with Gasteiger partial charge in [0.25, 0.3) is 0 Å². The number of nitrogens with two attached hydrogens (primary N) is 1. The Morgan fingerprint density at radius 1 is 1.38 bits per heavy atom. The molecule has 0 aliphatic rings. The molecule has 16 heavy (non-hydrogen) atoms. The summed E-state index contributed by atoms with van der Waals surface area (Å²) >= 11 is 0. The molecule has 0 radical (unpaired) electrons. The van der Waals surface area contributed by atoms with E-state index in [2.05, 4.69) is 5.32 Å². The Bertz CT molecular complexity index is 231. The molecular formula is C11H22N2O3. The van der Waals surface area contributed by atoms with Crippen LogP contribution in [0.4, 0.5) is 0 Å². The van der Waals surface area contributed by atoms with Gasteiger partial charge < -0.3 is 16.2 Å². The van der Waals surface area contributed by atoms with Crippen LogP contribution in [0.5, 0.6) is 0 Å². The lowest BCUT2D eigenvalue weighted by Gasteiger charge is -2.10. The molecule has 0 spiro atoms. The summed E-state index contributed by atoms with van der Waals surface area (Å²) in [5, 5.41) is 11.4. The second kappa shape index (κ2) is 8.10. The number of hydrogen-bond donors (Lipinski definition) is 3. The van der Waals surface area contributed by atoms with Gasteiger partial charge in [-0.1, -0.05) is 13.8 Å². The van der Waals surface area contributed by atoms with Crippen molar-refractivity contribution in [2.75, 3.05) is 13.1 Å². The lowest BCUT2D eigenvalue weighted by Crippen LogP contribution is -2.28. The van der Waals surface area contributed by atoms with Gasteiger partial charge in [-0.15, -0.1) is 0 Å². The third-order valence-corrected chi connectivity index (χ3v) is 2.49. The molecule has 0 saturated carbocycles. The van der Waals surface area contributed by atoms with E-state index in [0.717, 1.165) is 0 Å². The summed E-state index contributed by atoms with van der Waals surface area (Å²) < 4.78 is 0. The number of rotatable bonds is 8. The lowest BCUT2D eigenvalue weighted by atomic mass is 10.1. The van der Waals surface area contributed by atoms with Crippen LogP contribution in [0.15, 0.2) is 0 Å². The van der Waals surface area contributed by atoms with Gasteiger partial charge in [0.2, 0.25) is 5.91 Å². The van der Waals surface area contributed by atoms with Gasteiger partial charge in [0, 0.05) is 13.0 Å². The van der Waals surface area contributed by atoms with Crippen molar-refractivity contribution in [3.05, 3.63) is 0 Å². The molecular weight excluding hydrogens is 208 g/mol. The van der Waals surface area contributed by atoms with E-state index in [1.807, 2.05) is 6.92 Å². The number of carboxylic acid groups (broad SMARTS) is 1. The molecule has 2 atom stereocenters. The molecule has 0 rings (SSSR count). The number of amides is 1. The van der Waals surface area contributed by atoms with E-state index >= 15 is 0 Å². The zero-order valence-electron chi connectivity index (χ0n) is 10.0. The van der Waals surface area contributed by atoms with Crippen molar-refractivity contribution >= 4 is 11.9 Å². The van der Waals surface area contributed by atoms with Gasteiger partial charge in [-0.3, -0.25) is 9.59 Å². The van der Waals surface area contributed by atoms with Crippen LogP contribution in [0.25, 0.3) is 0 Å². The van der Waals surface area contributed by atoms with Gasteiger partial charge in [0.15, 0.2) is 0 Å². The Labute approximate surface area is 96.4 Å². The van der Waals surface area contributed by atoms with Crippen LogP contribution in [0.2, 0.25) is 0 Å². The van der Waals surface area contributed by atoms with Gasteiger partial charge in [-0.2, -0.15) is 0 Å². The molecule has 5 heteroatoms. The zero-order valence-corrected chi connectivity index (χ0v) is 10.0. The van der Waals surface area contributed by atoms with Crippen LogP contribution < -0.4 is 11.1 Å². The van der Waals surface area contributed by atoms with Crippen molar-refractivity contribution in [3.63, 3.8) is 0 Å². The molecule has 1 amide bonds. The maximum Gasteiger partial charge on any atom is 0.306 e. The first-order valence-corrected chi connectivity index (χ1v) is 5.67. The Balaban J connectivity index is 3.52. The van der Waals surface area contributed by atoms with Crippen molar-refractivity contribution in [2.24, 2.45) is 17.6 Å². The molecule has 2 unspecified atom stereocenters. The minimum atomic E-state index is -0.789. The summed E-state index contributed by atoms with van der Waals surface area (Å²) in [5.41, 5.74) is 5.40. The highest BCUT2D eigenvalue weighted by atomic mass is 16.4. The second-order valence-corrected chi connectivity index (χ2v) is 4.28. The number of carbonyl (C=O) groups excluding carboxylic acids is 1. The Hall–Kier alpha value is -1.10. The maximum absolute atomic E-state index is 11.3. The van der Waals surface area contributed by atoms with Crippen LogP contribution >= 0.6 is 0 Å². The summed E-state index contributed by atoms with van der Waals surface area (Å²) in [4.78, 5) is 21.8. The SMILES string of the molecule is CC(CN)CC(=O)NCCCC(C)C(=O)O. The van der Waals surface area contributed by atoms with E-state index in [1.54, 1.807) is 6.92 Å². The van der Waals surface area contributed by atoms with Gasteiger partial charge >= 0.3 is 5.97 Å². The Kier molecular flexibility index (Phi) is 7.54. The van der Waals surface area contributed by atoms with Gasteiger partial charge in [0.05, 0.1) is 5.92 Å². The normalized spacial score (nSPS) is 14.2. The average Bonchev–Trinajstić information content (AvgIpc) is 2.23. The van der Waals surface area contributed by atoms with Crippen molar-refractivity contribution in [2.45, 2.75) is 33.1 Å². The minimum Gasteiger partial charge on any atom is -0.481 e. The largest absolute Gasteiger partial charge is 0.481 e. The van der Waals surface area contributed by atoms with Crippen molar-refractivity contribution < 1.29 is 14.7 Å². The van der Waals surface area contributed by atoms with Crippen LogP contribution in [0.1, 0.15) is 33.1 Å². The smallest absolute Gasteiger partial charge is 0.306 e. The lowest BCUT2D eigenvalue weighted by molar-refractivity contribution is -0.141. The molecule has 0 fully saturated rings. The molecule has 0 saturated heterocycles. The quantitative estimate of drug-likeness (QED) is 0.532. The molecule has 0 aromatic heterocycles. The van der Waals surface area contributed by atoms with E-state index < -0.39 is 5.97 Å². The predicted octanol–water partition coefficient (Wildman–Crippen LogP) is 0.588. The first kappa shape index (κ1) is 14.9. The molecule has 0 bridgehead atoms. The second-order valence-electron chi connectivity index (χ2n) is 4.28. The number of nitrogens with one attached hydrogen (secondary N) is 1. The third-order valence-electron chi connectivity index (χ3n) is 2.49. The highest BCUT2D eigenvalue weighted by molar-refractivity contribution is 5.76. The van der Waals surface area contributed by atoms with Crippen LogP contribution in [-0.4, -0.2) is 30.1 Å². The van der Waals surface area contributed by atoms with E-state index in [-0.39, 0.29) is 17.7 Å². The molecule has 0 aliphatic carbocycles. The molecule has 0 aromatic carbocycles. The zero-order chi connectivity index (χ0) is 12.6. The Morgan fingerprint density at radius 2 is 2.00 bits per heavy atom. The first-order valence-electron chi connectivity index (χ1n) is 5.67. The number of carboxylic acids is 1. The number of aliphatic carboxylic acids is 1. The summed E-state index contributed by atoms with van der Waals surface area (Å²) in [6, 6.07) is 0. The first-order chi connectivity index (χ1) is 7.47. The van der Waals surface area contributed by atoms with E-state index in [1.165, 1.54) is 0 Å². The highest BCUT2D eigenvalue weighted by Crippen LogP contribution is 2.04. The summed E-state index contributed by atoms with van der Waals surface area (Å²) in [6.45, 7) is 4.63. The summed E-state index contributed by atoms with van der Waals surface area (Å²) in [6.07, 6.45) is 1.71. The van der Waals surface area contributed by atoms with E-state index in [9.17, 15) is 9.59 Å². The fraction of sp³-hybridized carbons (Fsp3) is 0.818. The fourth-order valence-corrected chi connectivity index (χ4v) is 1.23. The fourth-order valence-electron chi connectivity index (χ4n) is 1.23. The summed E-state index contributed by atoms with van der Waals surface area (Å²) in [5.74, 6) is -0.957. The summed E-state index contributed by atoms with van der Waals surface area (Å²) in [7, 11) is 0. The van der Waals surface area contributed by atoms with Crippen molar-refractivity contribution in [1.82, 2.24) is 5.32 Å². The van der Waals surface area contributed by atoms with Gasteiger partial charge in [-0.05, 0) is 25.3 Å². The number of hydrogen-bond acceptors (Lipinski definition) is 3. The average molecular weight is 230 g/mol. The van der Waals surface area contributed by atoms with Crippen molar-refractivity contribution in [1.29, 1.82) is 0 Å². The van der Waals surface area contributed by atoms with Gasteiger partial charge in [-0.25, -0.2) is 0 Å². The highest BCUT2D eigenvalue weighted by Gasteiger charge is 2.10. The molecule has 4 N–H and O–H groups in total. The van der Waals surface area contributed by atoms with E-state index in [0.29, 0.717) is 32.4 Å². The number of carbonyl (C=O) groups is 2. The van der Waals surface area contributed by atoms with Gasteiger partial charge in [0.1, 0.15) is 0 Å². The monoisotopic (exact) mass is 230 g/mol. The van der Waals surface area contributed by atoms with E-state index in [4.69, 9.17) is 10.8 Å². The van der Waals surface area contributed by atoms with Crippen LogP contribution in [0.3, 0.4) is 0 Å². The standard InChI is InChI=1S/C11H22N2O3/c1-8(7-12)6-10(14)13-5-3-4-9(2)11(15)16/h8-9H,3-7,12H2,1-2H3,(H,13,14)(H,15,16). The van der Waals surface area contributed by atoms with Crippen molar-refractivity contribution in [3.8, 4) is 0 Å². The molecule has 0 aliphatic heterocycles. The minimum absolute atomic E-state index is 0.0130. The predicted molar refractivity (Wildman–Crippen MR) is 61.9 cm³/mol. The van der Waals surface area contributed by atoms with Crippen LogP contribution in [-0.2, 0) is 9.59 Å². The molecule has 94 valence electrons. The topological polar surface area (TPSA) is 92.4 Å². The molecule has 0 heterocycles. The molecule has 5 nitrogen and oxygen atoms in total. The third kappa shape index (κ3) is 7.23. The maximum atomic E-state index is 11.3. The molecule has 0 aromatic rings. The Morgan fingerprint density at radius 3 is 2.50 bits per heavy atom.